The normalized spacial score (nSPS) is 10.1. The molecule has 0 unspecified atom stereocenters. The number of amides is 1. The first-order chi connectivity index (χ1) is 9.08. The van der Waals surface area contributed by atoms with Gasteiger partial charge in [-0.1, -0.05) is 5.16 Å². The van der Waals surface area contributed by atoms with Crippen molar-refractivity contribution >= 4 is 17.3 Å². The molecule has 3 N–H and O–H groups in total. The van der Waals surface area contributed by atoms with E-state index in [-0.39, 0.29) is 23.5 Å². The van der Waals surface area contributed by atoms with Crippen LogP contribution in [0.15, 0.2) is 35.0 Å². The molecule has 2 rings (SSSR count). The van der Waals surface area contributed by atoms with Crippen LogP contribution >= 0.6 is 0 Å². The zero-order valence-corrected chi connectivity index (χ0v) is 9.70. The molecule has 1 amide bonds. The second-order valence-corrected chi connectivity index (χ2v) is 3.69. The standard InChI is InChI=1S/C11H10N4O4/c12-11(16)7-1-2-9(10(5-7)15(17)18)13-6-8-3-4-14-19-8/h1-5,13H,6H2,(H2,12,16). The SMILES string of the molecule is NC(=O)c1ccc(NCc2ccno2)c([N+](=O)[O-])c1. The third-order valence-corrected chi connectivity index (χ3v) is 2.42. The van der Waals surface area contributed by atoms with Gasteiger partial charge in [-0.25, -0.2) is 0 Å². The Morgan fingerprint density at radius 2 is 2.26 bits per heavy atom. The molecular formula is C11H10N4O4. The lowest BCUT2D eigenvalue weighted by Gasteiger charge is -2.06. The molecule has 0 saturated heterocycles. The Morgan fingerprint density at radius 3 is 2.84 bits per heavy atom. The molecule has 1 aromatic heterocycles. The molecule has 1 heterocycles. The van der Waals surface area contributed by atoms with Gasteiger partial charge in [0.25, 0.3) is 5.69 Å². The average Bonchev–Trinajstić information content (AvgIpc) is 2.89. The molecule has 8 nitrogen and oxygen atoms in total. The van der Waals surface area contributed by atoms with E-state index in [0.717, 1.165) is 6.07 Å². The van der Waals surface area contributed by atoms with Crippen molar-refractivity contribution in [3.8, 4) is 0 Å². The monoisotopic (exact) mass is 262 g/mol. The number of benzene rings is 1. The van der Waals surface area contributed by atoms with Gasteiger partial charge in [0.2, 0.25) is 5.91 Å². The third-order valence-electron chi connectivity index (χ3n) is 2.42. The highest BCUT2D eigenvalue weighted by Crippen LogP contribution is 2.25. The number of primary amides is 1. The van der Waals surface area contributed by atoms with E-state index in [1.807, 2.05) is 0 Å². The molecule has 0 bridgehead atoms. The van der Waals surface area contributed by atoms with Crippen LogP contribution in [0, 0.1) is 10.1 Å². The van der Waals surface area contributed by atoms with Crippen LogP contribution in [0.3, 0.4) is 0 Å². The summed E-state index contributed by atoms with van der Waals surface area (Å²) >= 11 is 0. The van der Waals surface area contributed by atoms with Crippen LogP contribution in [-0.4, -0.2) is 16.0 Å². The Bertz CT molecular complexity index is 609. The summed E-state index contributed by atoms with van der Waals surface area (Å²) in [6.45, 7) is 0.247. The van der Waals surface area contributed by atoms with E-state index in [4.69, 9.17) is 10.3 Å². The molecule has 0 aliphatic rings. The van der Waals surface area contributed by atoms with Crippen molar-refractivity contribution in [1.82, 2.24) is 5.16 Å². The molecule has 0 radical (unpaired) electrons. The molecule has 98 valence electrons. The number of nitrogens with zero attached hydrogens (tertiary/aromatic N) is 2. The van der Waals surface area contributed by atoms with Crippen LogP contribution in [0.25, 0.3) is 0 Å². The van der Waals surface area contributed by atoms with Crippen LogP contribution < -0.4 is 11.1 Å². The first-order valence-corrected chi connectivity index (χ1v) is 5.29. The molecule has 8 heteroatoms. The number of hydrogen-bond donors (Lipinski definition) is 2. The Labute approximate surface area is 107 Å². The number of nitrogens with two attached hydrogens (primary N) is 1. The van der Waals surface area contributed by atoms with Crippen LogP contribution in [0.2, 0.25) is 0 Å². The molecule has 0 spiro atoms. The number of hydrogen-bond acceptors (Lipinski definition) is 6. The van der Waals surface area contributed by atoms with Gasteiger partial charge in [-0.15, -0.1) is 0 Å². The molecule has 2 aromatic rings. The Hall–Kier alpha value is -2.90. The highest BCUT2D eigenvalue weighted by Gasteiger charge is 2.16. The number of nitro benzene ring substituents is 1. The Kier molecular flexibility index (Phi) is 3.42. The topological polar surface area (TPSA) is 124 Å². The molecule has 0 fully saturated rings. The lowest BCUT2D eigenvalue weighted by Crippen LogP contribution is -2.12. The summed E-state index contributed by atoms with van der Waals surface area (Å²) in [5, 5.41) is 17.3. The molecule has 0 aliphatic carbocycles. The Balaban J connectivity index is 2.24. The first kappa shape index (κ1) is 12.6. The summed E-state index contributed by atoms with van der Waals surface area (Å²) in [5.74, 6) is -0.182. The van der Waals surface area contributed by atoms with Crippen molar-refractivity contribution in [1.29, 1.82) is 0 Å². The van der Waals surface area contributed by atoms with E-state index in [2.05, 4.69) is 10.5 Å². The summed E-state index contributed by atoms with van der Waals surface area (Å²) < 4.78 is 4.86. The summed E-state index contributed by atoms with van der Waals surface area (Å²) in [7, 11) is 0. The van der Waals surface area contributed by atoms with Crippen LogP contribution in [0.5, 0.6) is 0 Å². The molecule has 0 saturated carbocycles. The van der Waals surface area contributed by atoms with Crippen LogP contribution in [-0.2, 0) is 6.54 Å². The number of carbonyl (C=O) groups is 1. The van der Waals surface area contributed by atoms with Crippen molar-refractivity contribution in [2.75, 3.05) is 5.32 Å². The smallest absolute Gasteiger partial charge is 0.293 e. The number of aromatic nitrogens is 1. The van der Waals surface area contributed by atoms with E-state index in [9.17, 15) is 14.9 Å². The molecular weight excluding hydrogens is 252 g/mol. The minimum absolute atomic E-state index is 0.0805. The summed E-state index contributed by atoms with van der Waals surface area (Å²) in [4.78, 5) is 21.3. The van der Waals surface area contributed by atoms with Crippen molar-refractivity contribution < 1.29 is 14.2 Å². The van der Waals surface area contributed by atoms with Crippen molar-refractivity contribution in [2.24, 2.45) is 5.73 Å². The Morgan fingerprint density at radius 1 is 1.47 bits per heavy atom. The van der Waals surface area contributed by atoms with Gasteiger partial charge in [0, 0.05) is 17.7 Å². The van der Waals surface area contributed by atoms with Gasteiger partial charge in [0.1, 0.15) is 5.69 Å². The lowest BCUT2D eigenvalue weighted by atomic mass is 10.1. The van der Waals surface area contributed by atoms with Gasteiger partial charge in [0.05, 0.1) is 17.7 Å². The zero-order valence-electron chi connectivity index (χ0n) is 9.70. The fourth-order valence-electron chi connectivity index (χ4n) is 1.50. The van der Waals surface area contributed by atoms with Crippen molar-refractivity contribution in [2.45, 2.75) is 6.54 Å². The summed E-state index contributed by atoms with van der Waals surface area (Å²) in [5.41, 5.74) is 5.20. The van der Waals surface area contributed by atoms with E-state index >= 15 is 0 Å². The fraction of sp³-hybridized carbons (Fsp3) is 0.0909. The van der Waals surface area contributed by atoms with Crippen molar-refractivity contribution in [3.05, 3.63) is 51.9 Å². The van der Waals surface area contributed by atoms with E-state index in [1.165, 1.54) is 18.3 Å². The minimum Gasteiger partial charge on any atom is -0.372 e. The van der Waals surface area contributed by atoms with E-state index in [1.54, 1.807) is 6.07 Å². The number of nitrogens with one attached hydrogen (secondary N) is 1. The maximum absolute atomic E-state index is 11.0. The number of rotatable bonds is 5. The van der Waals surface area contributed by atoms with Gasteiger partial charge >= 0.3 is 0 Å². The highest BCUT2D eigenvalue weighted by molar-refractivity contribution is 5.94. The van der Waals surface area contributed by atoms with Gasteiger partial charge in [-0.2, -0.15) is 0 Å². The van der Waals surface area contributed by atoms with Crippen LogP contribution in [0.1, 0.15) is 16.1 Å². The second-order valence-electron chi connectivity index (χ2n) is 3.69. The maximum Gasteiger partial charge on any atom is 0.293 e. The van der Waals surface area contributed by atoms with Crippen molar-refractivity contribution in [3.63, 3.8) is 0 Å². The maximum atomic E-state index is 11.0. The average molecular weight is 262 g/mol. The van der Waals surface area contributed by atoms with E-state index in [0.29, 0.717) is 5.76 Å². The predicted molar refractivity (Wildman–Crippen MR) is 65.4 cm³/mol. The lowest BCUT2D eigenvalue weighted by molar-refractivity contribution is -0.384. The highest BCUT2D eigenvalue weighted by atomic mass is 16.6. The van der Waals surface area contributed by atoms with Gasteiger partial charge in [-0.3, -0.25) is 14.9 Å². The summed E-state index contributed by atoms with van der Waals surface area (Å²) in [6, 6.07) is 5.61. The van der Waals surface area contributed by atoms with E-state index < -0.39 is 10.8 Å². The fourth-order valence-corrected chi connectivity index (χ4v) is 1.50. The van der Waals surface area contributed by atoms with Gasteiger partial charge in [-0.05, 0) is 12.1 Å². The molecule has 19 heavy (non-hydrogen) atoms. The second kappa shape index (κ2) is 5.17. The van der Waals surface area contributed by atoms with Crippen LogP contribution in [0.4, 0.5) is 11.4 Å². The number of carbonyl (C=O) groups excluding carboxylic acids is 1. The van der Waals surface area contributed by atoms with Gasteiger partial charge in [0.15, 0.2) is 5.76 Å². The number of anilines is 1. The largest absolute Gasteiger partial charge is 0.372 e. The molecule has 0 atom stereocenters. The summed E-state index contributed by atoms with van der Waals surface area (Å²) in [6.07, 6.45) is 1.47. The molecule has 0 aliphatic heterocycles. The zero-order chi connectivity index (χ0) is 13.8. The minimum atomic E-state index is -0.718. The third kappa shape index (κ3) is 2.86. The number of nitro groups is 1. The first-order valence-electron chi connectivity index (χ1n) is 5.29. The van der Waals surface area contributed by atoms with Gasteiger partial charge < -0.3 is 15.6 Å². The molecule has 1 aromatic carbocycles. The quantitative estimate of drug-likeness (QED) is 0.618. The predicted octanol–water partition coefficient (Wildman–Crippen LogP) is 1.29.